The molecule has 1 heterocycles. The Morgan fingerprint density at radius 3 is 2.30 bits per heavy atom. The number of halogens is 3. The third-order valence-electron chi connectivity index (χ3n) is 2.62. The zero-order valence-electron chi connectivity index (χ0n) is 11.4. The van der Waals surface area contributed by atoms with Crippen LogP contribution in [0.2, 0.25) is 0 Å². The van der Waals surface area contributed by atoms with Gasteiger partial charge in [-0.05, 0) is 26.8 Å². The predicted molar refractivity (Wildman–Crippen MR) is 72.0 cm³/mol. The summed E-state index contributed by atoms with van der Waals surface area (Å²) in [5.74, 6) is 0. The summed E-state index contributed by atoms with van der Waals surface area (Å²) in [7, 11) is -4.19. The molecule has 0 amide bonds. The maximum Gasteiger partial charge on any atom is 0.402 e. The van der Waals surface area contributed by atoms with Crippen LogP contribution in [0.15, 0.2) is 11.0 Å². The highest BCUT2D eigenvalue weighted by molar-refractivity contribution is 7.89. The van der Waals surface area contributed by atoms with E-state index in [-0.39, 0.29) is 11.4 Å². The first-order valence-electron chi connectivity index (χ1n) is 5.87. The van der Waals surface area contributed by atoms with Crippen LogP contribution in [0.3, 0.4) is 0 Å². The van der Waals surface area contributed by atoms with Gasteiger partial charge in [0.2, 0.25) is 10.0 Å². The fourth-order valence-electron chi connectivity index (χ4n) is 1.73. The zero-order valence-corrected chi connectivity index (χ0v) is 13.0. The monoisotopic (exact) mass is 330 g/mol. The lowest BCUT2D eigenvalue weighted by Gasteiger charge is -2.26. The molecule has 0 aliphatic carbocycles. The molecule has 20 heavy (non-hydrogen) atoms. The Hall–Kier alpha value is -0.640. The van der Waals surface area contributed by atoms with Crippen molar-refractivity contribution >= 4 is 21.4 Å². The van der Waals surface area contributed by atoms with Gasteiger partial charge in [0.1, 0.15) is 6.54 Å². The summed E-state index contributed by atoms with van der Waals surface area (Å²) in [6.07, 6.45) is -4.59. The van der Waals surface area contributed by atoms with Gasteiger partial charge in [-0.3, -0.25) is 0 Å². The van der Waals surface area contributed by atoms with E-state index >= 15 is 0 Å². The number of nitrogens with two attached hydrogens (primary N) is 1. The maximum absolute atomic E-state index is 12.6. The second-order valence-corrected chi connectivity index (χ2v) is 7.80. The number of hydrogen-bond acceptors (Lipinski definition) is 4. The minimum absolute atomic E-state index is 0.0964. The normalized spacial score (nSPS) is 13.4. The van der Waals surface area contributed by atoms with Gasteiger partial charge >= 0.3 is 6.18 Å². The van der Waals surface area contributed by atoms with Gasteiger partial charge in [-0.2, -0.15) is 17.5 Å². The number of hydrogen-bond donors (Lipinski definition) is 1. The fraction of sp³-hybridized carbons (Fsp3) is 0.636. The van der Waals surface area contributed by atoms with Gasteiger partial charge in [0.25, 0.3) is 0 Å². The number of alkyl halides is 3. The number of rotatable bonds is 5. The summed E-state index contributed by atoms with van der Waals surface area (Å²) in [6, 6.07) is 0.559. The first kappa shape index (κ1) is 17.4. The van der Waals surface area contributed by atoms with E-state index in [1.54, 1.807) is 6.92 Å². The van der Waals surface area contributed by atoms with Crippen molar-refractivity contribution in [3.05, 3.63) is 15.8 Å². The lowest BCUT2D eigenvalue weighted by molar-refractivity contribution is -0.138. The molecule has 0 spiro atoms. The van der Waals surface area contributed by atoms with Gasteiger partial charge in [-0.1, -0.05) is 0 Å². The zero-order chi connectivity index (χ0) is 15.7. The van der Waals surface area contributed by atoms with E-state index in [1.165, 1.54) is 31.3 Å². The van der Waals surface area contributed by atoms with Gasteiger partial charge in [0.15, 0.2) is 0 Å². The molecule has 0 aliphatic heterocycles. The first-order chi connectivity index (χ1) is 8.99. The van der Waals surface area contributed by atoms with Gasteiger partial charge in [0, 0.05) is 22.3 Å². The molecule has 4 nitrogen and oxygen atoms in total. The summed E-state index contributed by atoms with van der Waals surface area (Å²) in [4.78, 5) is 0.968. The lowest BCUT2D eigenvalue weighted by Crippen LogP contribution is -2.43. The minimum atomic E-state index is -4.59. The Kier molecular flexibility index (Phi) is 5.23. The van der Waals surface area contributed by atoms with Crippen LogP contribution in [0.4, 0.5) is 13.2 Å². The van der Waals surface area contributed by atoms with Crippen LogP contribution in [0, 0.1) is 6.92 Å². The molecule has 0 aromatic carbocycles. The molecular weight excluding hydrogens is 313 g/mol. The third-order valence-corrected chi connectivity index (χ3v) is 5.97. The molecule has 2 N–H and O–H groups in total. The molecular formula is C11H17F3N2O2S2. The van der Waals surface area contributed by atoms with E-state index in [4.69, 9.17) is 5.73 Å². The second kappa shape index (κ2) is 6.00. The lowest BCUT2D eigenvalue weighted by atomic mass is 10.4. The molecule has 0 unspecified atom stereocenters. The van der Waals surface area contributed by atoms with E-state index in [0.29, 0.717) is 14.1 Å². The average Bonchev–Trinajstić information content (AvgIpc) is 2.66. The number of sulfonamides is 1. The fourth-order valence-corrected chi connectivity index (χ4v) is 4.84. The van der Waals surface area contributed by atoms with Crippen LogP contribution in [0.1, 0.15) is 23.6 Å². The summed E-state index contributed by atoms with van der Waals surface area (Å²) in [5, 5.41) is 0. The largest absolute Gasteiger partial charge is 0.402 e. The molecule has 9 heteroatoms. The minimum Gasteiger partial charge on any atom is -0.326 e. The van der Waals surface area contributed by atoms with Crippen LogP contribution in [-0.2, 0) is 16.6 Å². The van der Waals surface area contributed by atoms with Gasteiger partial charge in [-0.15, -0.1) is 11.3 Å². The number of nitrogens with zero attached hydrogens (tertiary/aromatic N) is 1. The summed E-state index contributed by atoms with van der Waals surface area (Å²) >= 11 is 1.18. The maximum atomic E-state index is 12.6. The highest BCUT2D eigenvalue weighted by atomic mass is 32.2. The topological polar surface area (TPSA) is 63.4 Å². The van der Waals surface area contributed by atoms with Crippen molar-refractivity contribution in [3.8, 4) is 0 Å². The standard InChI is InChI=1S/C11H17F3N2O2S2/c1-7(2)16(6-11(12,13)14)20(17,18)10-4-9(5-15)19-8(10)3/h4,7H,5-6,15H2,1-3H3. The van der Waals surface area contributed by atoms with Crippen molar-refractivity contribution in [3.63, 3.8) is 0 Å². The molecule has 0 saturated carbocycles. The average molecular weight is 330 g/mol. The van der Waals surface area contributed by atoms with Crippen LogP contribution in [-0.4, -0.2) is 31.5 Å². The van der Waals surface area contributed by atoms with E-state index in [2.05, 4.69) is 0 Å². The predicted octanol–water partition coefficient (Wildman–Crippen LogP) is 2.48. The Morgan fingerprint density at radius 1 is 1.40 bits per heavy atom. The molecule has 1 rings (SSSR count). The molecule has 1 aromatic rings. The van der Waals surface area contributed by atoms with Crippen molar-refractivity contribution in [1.29, 1.82) is 0 Å². The van der Waals surface area contributed by atoms with Crippen molar-refractivity contribution in [2.24, 2.45) is 5.73 Å². The molecule has 0 radical (unpaired) electrons. The first-order valence-corrected chi connectivity index (χ1v) is 8.12. The van der Waals surface area contributed by atoms with E-state index < -0.39 is 28.8 Å². The Balaban J connectivity index is 3.26. The SMILES string of the molecule is Cc1sc(CN)cc1S(=O)(=O)N(CC(F)(F)F)C(C)C. The van der Waals surface area contributed by atoms with Crippen molar-refractivity contribution in [2.45, 2.75) is 44.4 Å². The molecule has 0 aliphatic rings. The Bertz CT molecular complexity index is 565. The van der Waals surface area contributed by atoms with E-state index in [1.807, 2.05) is 0 Å². The quantitative estimate of drug-likeness (QED) is 0.902. The number of aryl methyl sites for hydroxylation is 1. The van der Waals surface area contributed by atoms with Gasteiger partial charge < -0.3 is 5.73 Å². The molecule has 0 bridgehead atoms. The molecule has 0 fully saturated rings. The van der Waals surface area contributed by atoms with Crippen LogP contribution >= 0.6 is 11.3 Å². The van der Waals surface area contributed by atoms with Crippen LogP contribution < -0.4 is 5.73 Å². The molecule has 0 atom stereocenters. The van der Waals surface area contributed by atoms with Gasteiger partial charge in [0.05, 0.1) is 4.90 Å². The van der Waals surface area contributed by atoms with E-state index in [0.717, 1.165) is 0 Å². The molecule has 0 saturated heterocycles. The van der Waals surface area contributed by atoms with E-state index in [9.17, 15) is 21.6 Å². The highest BCUT2D eigenvalue weighted by Crippen LogP contribution is 2.30. The van der Waals surface area contributed by atoms with Crippen LogP contribution in [0.25, 0.3) is 0 Å². The highest BCUT2D eigenvalue weighted by Gasteiger charge is 2.39. The molecule has 1 aromatic heterocycles. The molecule has 116 valence electrons. The smallest absolute Gasteiger partial charge is 0.326 e. The Labute approximate surface area is 120 Å². The van der Waals surface area contributed by atoms with Crippen molar-refractivity contribution < 1.29 is 21.6 Å². The van der Waals surface area contributed by atoms with Crippen molar-refractivity contribution in [1.82, 2.24) is 4.31 Å². The number of thiophene rings is 1. The van der Waals surface area contributed by atoms with Gasteiger partial charge in [-0.25, -0.2) is 8.42 Å². The van der Waals surface area contributed by atoms with Crippen molar-refractivity contribution in [2.75, 3.05) is 6.54 Å². The third kappa shape index (κ3) is 3.94. The van der Waals surface area contributed by atoms with Crippen LogP contribution in [0.5, 0.6) is 0 Å². The summed E-state index contributed by atoms with van der Waals surface area (Å²) in [5.41, 5.74) is 5.43. The summed E-state index contributed by atoms with van der Waals surface area (Å²) < 4.78 is 62.9. The second-order valence-electron chi connectivity index (χ2n) is 4.60. The Morgan fingerprint density at radius 2 is 1.95 bits per heavy atom. The summed E-state index contributed by atoms with van der Waals surface area (Å²) in [6.45, 7) is 3.04.